The summed E-state index contributed by atoms with van der Waals surface area (Å²) < 4.78 is 3.81. The van der Waals surface area contributed by atoms with Crippen molar-refractivity contribution in [3.05, 3.63) is 77.7 Å². The summed E-state index contributed by atoms with van der Waals surface area (Å²) in [5, 5.41) is 14.0. The molecule has 29 heavy (non-hydrogen) atoms. The number of anilines is 1. The first kappa shape index (κ1) is 17.4. The van der Waals surface area contributed by atoms with Gasteiger partial charge in [0.2, 0.25) is 0 Å². The predicted molar refractivity (Wildman–Crippen MR) is 116 cm³/mol. The molecule has 144 valence electrons. The highest BCUT2D eigenvalue weighted by molar-refractivity contribution is 5.90. The Labute approximate surface area is 168 Å². The fraction of sp³-hybridized carbons (Fsp3) is 0.174. The van der Waals surface area contributed by atoms with E-state index in [2.05, 4.69) is 45.7 Å². The van der Waals surface area contributed by atoms with Crippen molar-refractivity contribution in [3.8, 4) is 11.1 Å². The van der Waals surface area contributed by atoms with Crippen molar-refractivity contribution in [2.24, 2.45) is 7.05 Å². The number of nitrogens with zero attached hydrogens (tertiary/aromatic N) is 5. The molecule has 0 unspecified atom stereocenters. The van der Waals surface area contributed by atoms with Gasteiger partial charge < -0.3 is 5.32 Å². The standard InChI is InChI=1S/C23H22N6/c1-15-19-13-18(9-10-20(19)28(3)26-15)22-16(2)27-29-21(11-12-24-23(22)29)25-14-17-7-5-4-6-8-17/h4-13,25H,14H2,1-3H3. The second kappa shape index (κ2) is 6.74. The van der Waals surface area contributed by atoms with Crippen molar-refractivity contribution in [3.63, 3.8) is 0 Å². The molecule has 0 saturated carbocycles. The Morgan fingerprint density at radius 1 is 0.931 bits per heavy atom. The lowest BCUT2D eigenvalue weighted by Gasteiger charge is -2.08. The van der Waals surface area contributed by atoms with Crippen LogP contribution in [0.1, 0.15) is 17.0 Å². The van der Waals surface area contributed by atoms with Crippen LogP contribution in [0.25, 0.3) is 27.7 Å². The third-order valence-corrected chi connectivity index (χ3v) is 5.33. The van der Waals surface area contributed by atoms with Gasteiger partial charge in [0.05, 0.1) is 16.9 Å². The molecule has 5 aromatic rings. The number of hydrogen-bond acceptors (Lipinski definition) is 4. The van der Waals surface area contributed by atoms with Crippen LogP contribution in [0.5, 0.6) is 0 Å². The number of rotatable bonds is 4. The number of fused-ring (bicyclic) bond motifs is 2. The van der Waals surface area contributed by atoms with E-state index >= 15 is 0 Å². The van der Waals surface area contributed by atoms with Crippen LogP contribution < -0.4 is 5.32 Å². The van der Waals surface area contributed by atoms with Crippen LogP contribution in [0.4, 0.5) is 5.82 Å². The summed E-state index contributed by atoms with van der Waals surface area (Å²) >= 11 is 0. The number of hydrogen-bond donors (Lipinski definition) is 1. The Hall–Kier alpha value is -3.67. The Kier molecular flexibility index (Phi) is 4.05. The lowest BCUT2D eigenvalue weighted by Crippen LogP contribution is -2.05. The highest BCUT2D eigenvalue weighted by Gasteiger charge is 2.16. The third kappa shape index (κ3) is 2.93. The maximum absolute atomic E-state index is 4.78. The molecule has 2 aromatic carbocycles. The van der Waals surface area contributed by atoms with Crippen molar-refractivity contribution in [2.45, 2.75) is 20.4 Å². The van der Waals surface area contributed by atoms with Crippen LogP contribution in [0, 0.1) is 13.8 Å². The smallest absolute Gasteiger partial charge is 0.165 e. The predicted octanol–water partition coefficient (Wildman–Crippen LogP) is 4.51. The van der Waals surface area contributed by atoms with Gasteiger partial charge in [-0.15, -0.1) is 0 Å². The molecule has 1 N–H and O–H groups in total. The fourth-order valence-corrected chi connectivity index (χ4v) is 3.91. The summed E-state index contributed by atoms with van der Waals surface area (Å²) in [6.45, 7) is 4.80. The van der Waals surface area contributed by atoms with Gasteiger partial charge in [0, 0.05) is 30.7 Å². The summed E-state index contributed by atoms with van der Waals surface area (Å²) in [7, 11) is 1.97. The van der Waals surface area contributed by atoms with Crippen molar-refractivity contribution in [1.82, 2.24) is 24.4 Å². The van der Waals surface area contributed by atoms with Crippen molar-refractivity contribution < 1.29 is 0 Å². The van der Waals surface area contributed by atoms with Crippen LogP contribution in [-0.2, 0) is 13.6 Å². The summed E-state index contributed by atoms with van der Waals surface area (Å²) in [4.78, 5) is 4.64. The van der Waals surface area contributed by atoms with Crippen molar-refractivity contribution in [2.75, 3.05) is 5.32 Å². The third-order valence-electron chi connectivity index (χ3n) is 5.33. The zero-order valence-corrected chi connectivity index (χ0v) is 16.7. The van der Waals surface area contributed by atoms with Crippen LogP contribution in [0.3, 0.4) is 0 Å². The SMILES string of the molecule is Cc1nn2c(NCc3ccccc3)ccnc2c1-c1ccc2c(c1)c(C)nn2C. The molecule has 5 rings (SSSR count). The van der Waals surface area contributed by atoms with E-state index in [1.165, 1.54) is 5.56 Å². The van der Waals surface area contributed by atoms with E-state index in [-0.39, 0.29) is 0 Å². The van der Waals surface area contributed by atoms with E-state index < -0.39 is 0 Å². The zero-order chi connectivity index (χ0) is 20.0. The molecule has 0 spiro atoms. The molecule has 6 heteroatoms. The topological polar surface area (TPSA) is 60.0 Å². The largest absolute Gasteiger partial charge is 0.366 e. The maximum atomic E-state index is 4.78. The van der Waals surface area contributed by atoms with Crippen LogP contribution in [0.2, 0.25) is 0 Å². The van der Waals surface area contributed by atoms with Gasteiger partial charge in [0.25, 0.3) is 0 Å². The first-order valence-electron chi connectivity index (χ1n) is 9.67. The Morgan fingerprint density at radius 3 is 2.59 bits per heavy atom. The van der Waals surface area contributed by atoms with Crippen molar-refractivity contribution in [1.29, 1.82) is 0 Å². The second-order valence-corrected chi connectivity index (χ2v) is 7.31. The normalized spacial score (nSPS) is 11.4. The number of aromatic nitrogens is 5. The van der Waals surface area contributed by atoms with Gasteiger partial charge in [-0.3, -0.25) is 4.68 Å². The molecule has 0 atom stereocenters. The number of nitrogens with one attached hydrogen (secondary N) is 1. The molecule has 6 nitrogen and oxygen atoms in total. The van der Waals surface area contributed by atoms with Crippen LogP contribution in [-0.4, -0.2) is 24.4 Å². The highest BCUT2D eigenvalue weighted by Crippen LogP contribution is 2.31. The van der Waals surface area contributed by atoms with Gasteiger partial charge in [-0.25, -0.2) is 4.98 Å². The molecule has 0 saturated heterocycles. The van der Waals surface area contributed by atoms with E-state index in [4.69, 9.17) is 5.10 Å². The monoisotopic (exact) mass is 382 g/mol. The Balaban J connectivity index is 1.59. The molecule has 0 aliphatic heterocycles. The number of aryl methyl sites for hydroxylation is 3. The minimum absolute atomic E-state index is 0.731. The minimum atomic E-state index is 0.731. The molecular weight excluding hydrogens is 360 g/mol. The van der Waals surface area contributed by atoms with E-state index in [1.807, 2.05) is 60.6 Å². The van der Waals surface area contributed by atoms with Gasteiger partial charge in [0.1, 0.15) is 5.82 Å². The van der Waals surface area contributed by atoms with Crippen molar-refractivity contribution >= 4 is 22.4 Å². The molecule has 0 amide bonds. The minimum Gasteiger partial charge on any atom is -0.366 e. The fourth-order valence-electron chi connectivity index (χ4n) is 3.91. The lowest BCUT2D eigenvalue weighted by molar-refractivity contribution is 0.783. The second-order valence-electron chi connectivity index (χ2n) is 7.31. The Morgan fingerprint density at radius 2 is 1.76 bits per heavy atom. The van der Waals surface area contributed by atoms with Gasteiger partial charge in [-0.1, -0.05) is 36.4 Å². The molecule has 0 radical (unpaired) electrons. The van der Waals surface area contributed by atoms with Gasteiger partial charge >= 0.3 is 0 Å². The molecule has 3 heterocycles. The zero-order valence-electron chi connectivity index (χ0n) is 16.7. The number of benzene rings is 2. The van der Waals surface area contributed by atoms with Crippen LogP contribution in [0.15, 0.2) is 60.8 Å². The molecule has 3 aromatic heterocycles. The van der Waals surface area contributed by atoms with Gasteiger partial charge in [0.15, 0.2) is 5.65 Å². The van der Waals surface area contributed by atoms with E-state index in [9.17, 15) is 0 Å². The molecule has 0 fully saturated rings. The summed E-state index contributed by atoms with van der Waals surface area (Å²) in [5.74, 6) is 0.923. The summed E-state index contributed by atoms with van der Waals surface area (Å²) in [6, 6.07) is 18.7. The van der Waals surface area contributed by atoms with Crippen LogP contribution >= 0.6 is 0 Å². The quantitative estimate of drug-likeness (QED) is 0.497. The van der Waals surface area contributed by atoms with E-state index in [1.54, 1.807) is 0 Å². The molecule has 0 aliphatic rings. The average Bonchev–Trinajstić information content (AvgIpc) is 3.22. The average molecular weight is 382 g/mol. The maximum Gasteiger partial charge on any atom is 0.165 e. The molecule has 0 bridgehead atoms. The lowest BCUT2D eigenvalue weighted by atomic mass is 10.0. The molecular formula is C23H22N6. The first-order valence-corrected chi connectivity index (χ1v) is 9.67. The van der Waals surface area contributed by atoms with Gasteiger partial charge in [-0.2, -0.15) is 14.7 Å². The first-order chi connectivity index (χ1) is 14.1. The highest BCUT2D eigenvalue weighted by atomic mass is 15.3. The summed E-state index contributed by atoms with van der Waals surface area (Å²) in [5.41, 5.74) is 7.33. The van der Waals surface area contributed by atoms with Gasteiger partial charge in [-0.05, 0) is 43.2 Å². The summed E-state index contributed by atoms with van der Waals surface area (Å²) in [6.07, 6.45) is 1.83. The van der Waals surface area contributed by atoms with E-state index in [0.29, 0.717) is 0 Å². The Bertz CT molecular complexity index is 1330. The molecule has 0 aliphatic carbocycles. The van der Waals surface area contributed by atoms with E-state index in [0.717, 1.165) is 51.4 Å².